The first-order valence-corrected chi connectivity index (χ1v) is 8.15. The van der Waals surface area contributed by atoms with Gasteiger partial charge in [-0.05, 0) is 43.0 Å². The van der Waals surface area contributed by atoms with Crippen molar-refractivity contribution in [1.82, 2.24) is 10.6 Å². The van der Waals surface area contributed by atoms with Gasteiger partial charge in [-0.1, -0.05) is 0 Å². The van der Waals surface area contributed by atoms with Crippen LogP contribution in [0, 0.1) is 5.92 Å². The molecule has 0 saturated carbocycles. The summed E-state index contributed by atoms with van der Waals surface area (Å²) >= 11 is 0. The summed E-state index contributed by atoms with van der Waals surface area (Å²) in [7, 11) is 1.57. The van der Waals surface area contributed by atoms with Gasteiger partial charge in [0.25, 0.3) is 5.91 Å². The van der Waals surface area contributed by atoms with Gasteiger partial charge in [0, 0.05) is 31.9 Å². The molecule has 24 heavy (non-hydrogen) atoms. The van der Waals surface area contributed by atoms with Crippen LogP contribution in [0.4, 0.5) is 0 Å². The number of carbonyl (C=O) groups excluding carboxylic acids is 2. The number of hydrogen-bond donors (Lipinski definition) is 3. The summed E-state index contributed by atoms with van der Waals surface area (Å²) in [5, 5.41) is 5.52. The molecule has 1 aromatic carbocycles. The van der Waals surface area contributed by atoms with Crippen LogP contribution < -0.4 is 21.1 Å². The smallest absolute Gasteiger partial charge is 0.251 e. The molecule has 1 atom stereocenters. The summed E-state index contributed by atoms with van der Waals surface area (Å²) in [5.74, 6) is 0.481. The van der Waals surface area contributed by atoms with Crippen LogP contribution in [0.2, 0.25) is 0 Å². The molecule has 1 saturated heterocycles. The molecule has 1 unspecified atom stereocenters. The van der Waals surface area contributed by atoms with Gasteiger partial charge in [-0.3, -0.25) is 9.59 Å². The Morgan fingerprint density at radius 3 is 2.46 bits per heavy atom. The Kier molecular flexibility index (Phi) is 7.02. The lowest BCUT2D eigenvalue weighted by Gasteiger charge is -2.26. The van der Waals surface area contributed by atoms with Gasteiger partial charge in [-0.2, -0.15) is 0 Å². The second-order valence-corrected chi connectivity index (χ2v) is 5.75. The van der Waals surface area contributed by atoms with Crippen LogP contribution in [0.1, 0.15) is 23.2 Å². The maximum absolute atomic E-state index is 12.0. The summed E-state index contributed by atoms with van der Waals surface area (Å²) in [4.78, 5) is 24.0. The zero-order chi connectivity index (χ0) is 17.4. The van der Waals surface area contributed by atoms with Crippen LogP contribution in [0.25, 0.3) is 0 Å². The monoisotopic (exact) mass is 335 g/mol. The normalized spacial score (nSPS) is 16.2. The molecule has 2 amide bonds. The van der Waals surface area contributed by atoms with Crippen LogP contribution in [0.15, 0.2) is 24.3 Å². The van der Waals surface area contributed by atoms with Gasteiger partial charge < -0.3 is 25.8 Å². The minimum atomic E-state index is -0.522. The lowest BCUT2D eigenvalue weighted by atomic mass is 9.92. The first-order chi connectivity index (χ1) is 11.6. The summed E-state index contributed by atoms with van der Waals surface area (Å²) in [6.45, 7) is 2.00. The zero-order valence-corrected chi connectivity index (χ0v) is 13.9. The molecular formula is C17H25N3O4. The van der Waals surface area contributed by atoms with Crippen molar-refractivity contribution in [3.05, 3.63) is 29.8 Å². The van der Waals surface area contributed by atoms with E-state index in [1.807, 2.05) is 0 Å². The highest BCUT2D eigenvalue weighted by atomic mass is 16.5. The Labute approximate surface area is 141 Å². The van der Waals surface area contributed by atoms with E-state index < -0.39 is 6.04 Å². The van der Waals surface area contributed by atoms with Crippen LogP contribution in [-0.4, -0.2) is 51.3 Å². The molecule has 0 aliphatic carbocycles. The molecule has 7 heteroatoms. The van der Waals surface area contributed by atoms with Crippen molar-refractivity contribution in [1.29, 1.82) is 0 Å². The van der Waals surface area contributed by atoms with E-state index in [0.29, 0.717) is 37.6 Å². The molecule has 7 nitrogen and oxygen atoms in total. The van der Waals surface area contributed by atoms with Crippen LogP contribution in [-0.2, 0) is 9.53 Å². The molecule has 132 valence electrons. The maximum atomic E-state index is 12.0. The molecular weight excluding hydrogens is 310 g/mol. The fourth-order valence-corrected chi connectivity index (χ4v) is 2.61. The quantitative estimate of drug-likeness (QED) is 0.622. The number of carbonyl (C=O) groups is 2. The van der Waals surface area contributed by atoms with E-state index in [0.717, 1.165) is 12.8 Å². The third-order valence-corrected chi connectivity index (χ3v) is 4.14. The third kappa shape index (κ3) is 5.21. The van der Waals surface area contributed by atoms with Gasteiger partial charge in [-0.15, -0.1) is 0 Å². The highest BCUT2D eigenvalue weighted by Gasteiger charge is 2.26. The van der Waals surface area contributed by atoms with Crippen LogP contribution in [0.5, 0.6) is 5.75 Å². The molecule has 2 rings (SSSR count). The lowest BCUT2D eigenvalue weighted by Crippen LogP contribution is -2.48. The average molecular weight is 335 g/mol. The SMILES string of the molecule is COc1ccc(C(=O)NCCNC(=O)C(N)C2CCOCC2)cc1. The number of hydrogen-bond acceptors (Lipinski definition) is 5. The minimum absolute atomic E-state index is 0.160. The van der Waals surface area contributed by atoms with Gasteiger partial charge in [0.1, 0.15) is 5.75 Å². The fraction of sp³-hybridized carbons (Fsp3) is 0.529. The van der Waals surface area contributed by atoms with Gasteiger partial charge in [0.2, 0.25) is 5.91 Å². The Balaban J connectivity index is 1.67. The lowest BCUT2D eigenvalue weighted by molar-refractivity contribution is -0.124. The predicted molar refractivity (Wildman–Crippen MR) is 89.9 cm³/mol. The molecule has 0 aromatic heterocycles. The molecule has 0 radical (unpaired) electrons. The highest BCUT2D eigenvalue weighted by molar-refractivity contribution is 5.94. The standard InChI is InChI=1S/C17H25N3O4/c1-23-14-4-2-13(3-5-14)16(21)19-8-9-20-17(22)15(18)12-6-10-24-11-7-12/h2-5,12,15H,6-11,18H2,1H3,(H,19,21)(H,20,22). The largest absolute Gasteiger partial charge is 0.497 e. The zero-order valence-electron chi connectivity index (χ0n) is 13.9. The summed E-state index contributed by atoms with van der Waals surface area (Å²) in [6, 6.07) is 6.31. The van der Waals surface area contributed by atoms with E-state index >= 15 is 0 Å². The molecule has 1 fully saturated rings. The Bertz CT molecular complexity index is 541. The number of methoxy groups -OCH3 is 1. The summed E-state index contributed by atoms with van der Waals surface area (Å²) in [5.41, 5.74) is 6.53. The van der Waals surface area contributed by atoms with E-state index in [-0.39, 0.29) is 17.7 Å². The van der Waals surface area contributed by atoms with Crippen LogP contribution in [0.3, 0.4) is 0 Å². The first-order valence-electron chi connectivity index (χ1n) is 8.15. The molecule has 1 heterocycles. The van der Waals surface area contributed by atoms with Gasteiger partial charge in [0.15, 0.2) is 0 Å². The van der Waals surface area contributed by atoms with Crippen molar-refractivity contribution in [2.24, 2.45) is 11.7 Å². The second-order valence-electron chi connectivity index (χ2n) is 5.75. The Morgan fingerprint density at radius 2 is 1.83 bits per heavy atom. The average Bonchev–Trinajstić information content (AvgIpc) is 2.65. The molecule has 0 spiro atoms. The Morgan fingerprint density at radius 1 is 1.21 bits per heavy atom. The number of nitrogens with two attached hydrogens (primary N) is 1. The Hall–Kier alpha value is -2.12. The molecule has 1 aliphatic heterocycles. The molecule has 0 bridgehead atoms. The summed E-state index contributed by atoms with van der Waals surface area (Å²) < 4.78 is 10.3. The highest BCUT2D eigenvalue weighted by Crippen LogP contribution is 2.17. The van der Waals surface area contributed by atoms with Crippen molar-refractivity contribution in [3.8, 4) is 5.75 Å². The first kappa shape index (κ1) is 18.2. The van der Waals surface area contributed by atoms with Gasteiger partial charge in [-0.25, -0.2) is 0 Å². The van der Waals surface area contributed by atoms with Crippen molar-refractivity contribution in [2.75, 3.05) is 33.4 Å². The number of nitrogens with one attached hydrogen (secondary N) is 2. The van der Waals surface area contributed by atoms with E-state index in [1.165, 1.54) is 0 Å². The second kappa shape index (κ2) is 9.24. The number of ether oxygens (including phenoxy) is 2. The molecule has 4 N–H and O–H groups in total. The van der Waals surface area contributed by atoms with Crippen LogP contribution >= 0.6 is 0 Å². The van der Waals surface area contributed by atoms with Crippen molar-refractivity contribution < 1.29 is 19.1 Å². The van der Waals surface area contributed by atoms with Gasteiger partial charge in [0.05, 0.1) is 13.2 Å². The van der Waals surface area contributed by atoms with Gasteiger partial charge >= 0.3 is 0 Å². The topological polar surface area (TPSA) is 103 Å². The minimum Gasteiger partial charge on any atom is -0.497 e. The van der Waals surface area contributed by atoms with Crippen molar-refractivity contribution in [3.63, 3.8) is 0 Å². The van der Waals surface area contributed by atoms with Crippen molar-refractivity contribution in [2.45, 2.75) is 18.9 Å². The third-order valence-electron chi connectivity index (χ3n) is 4.14. The predicted octanol–water partition coefficient (Wildman–Crippen LogP) is 0.295. The number of rotatable bonds is 7. The number of benzene rings is 1. The van der Waals surface area contributed by atoms with E-state index in [1.54, 1.807) is 31.4 Å². The maximum Gasteiger partial charge on any atom is 0.251 e. The van der Waals surface area contributed by atoms with Crippen molar-refractivity contribution >= 4 is 11.8 Å². The van der Waals surface area contributed by atoms with E-state index in [4.69, 9.17) is 15.2 Å². The fourth-order valence-electron chi connectivity index (χ4n) is 2.61. The summed E-state index contributed by atoms with van der Waals surface area (Å²) in [6.07, 6.45) is 1.62. The van der Waals surface area contributed by atoms with E-state index in [2.05, 4.69) is 10.6 Å². The molecule has 1 aliphatic rings. The molecule has 1 aromatic rings. The number of amides is 2. The van der Waals surface area contributed by atoms with E-state index in [9.17, 15) is 9.59 Å².